The molecule has 1 rings (SSSR count). The Labute approximate surface area is 70.3 Å². The normalized spacial score (nSPS) is 29.0. The molecular weight excluding hydrogens is 160 g/mol. The second kappa shape index (κ2) is 3.51. The lowest BCUT2D eigenvalue weighted by Crippen LogP contribution is -3.09. The van der Waals surface area contributed by atoms with Crippen molar-refractivity contribution in [3.8, 4) is 0 Å². The minimum Gasteiger partial charge on any atom is -0.455 e. The third-order valence-electron chi connectivity index (χ3n) is 1.84. The molecule has 0 aromatic rings. The van der Waals surface area contributed by atoms with Gasteiger partial charge in [0.1, 0.15) is 0 Å². The Hall–Kier alpha value is -1.14. The van der Waals surface area contributed by atoms with Crippen molar-refractivity contribution in [2.24, 2.45) is 10.9 Å². The molecule has 3 N–H and O–H groups in total. The van der Waals surface area contributed by atoms with Gasteiger partial charge in [0, 0.05) is 0 Å². The van der Waals surface area contributed by atoms with Crippen LogP contribution in [-0.2, 0) is 9.53 Å². The number of hydrogen-bond donors (Lipinski definition) is 2. The molecule has 0 spiro atoms. The van der Waals surface area contributed by atoms with E-state index in [1.54, 1.807) is 14.1 Å². The smallest absolute Gasteiger partial charge is 0.359 e. The van der Waals surface area contributed by atoms with Crippen LogP contribution in [0.3, 0.4) is 0 Å². The molecule has 1 aliphatic rings. The lowest BCUT2D eigenvalue weighted by molar-refractivity contribution is -0.888. The first-order valence-corrected chi connectivity index (χ1v) is 3.60. The highest BCUT2D eigenvalue weighted by atomic mass is 16.6. The molecule has 68 valence electrons. The number of hydrazone groups is 1. The minimum absolute atomic E-state index is 0.273. The van der Waals surface area contributed by atoms with E-state index in [1.165, 1.54) is 0 Å². The van der Waals surface area contributed by atoms with Gasteiger partial charge in [-0.2, -0.15) is 5.10 Å². The Morgan fingerprint density at radius 3 is 2.92 bits per heavy atom. The van der Waals surface area contributed by atoms with Crippen molar-refractivity contribution in [2.45, 2.75) is 12.6 Å². The Kier molecular flexibility index (Phi) is 2.61. The van der Waals surface area contributed by atoms with Crippen molar-refractivity contribution < 1.29 is 14.5 Å². The largest absolute Gasteiger partial charge is 0.455 e. The molecule has 0 radical (unpaired) electrons. The van der Waals surface area contributed by atoms with Crippen LogP contribution >= 0.6 is 0 Å². The monoisotopic (exact) mass is 172 g/mol. The van der Waals surface area contributed by atoms with Gasteiger partial charge in [-0.05, 0) is 0 Å². The lowest BCUT2D eigenvalue weighted by atomic mass is 10.3. The van der Waals surface area contributed by atoms with Crippen LogP contribution < -0.4 is 10.9 Å². The van der Waals surface area contributed by atoms with E-state index in [0.717, 1.165) is 5.01 Å². The Balaban J connectivity index is 2.60. The predicted molar refractivity (Wildman–Crippen MR) is 42.3 cm³/mol. The SMILES string of the molecule is C[N-][NH+](C)C1CC(=NN)C(=O)O1. The Morgan fingerprint density at radius 1 is 1.83 bits per heavy atom. The maximum atomic E-state index is 10.9. The predicted octanol–water partition coefficient (Wildman–Crippen LogP) is -1.99. The van der Waals surface area contributed by atoms with Crippen LogP contribution in [0.2, 0.25) is 0 Å². The second-order valence-electron chi connectivity index (χ2n) is 2.54. The van der Waals surface area contributed by atoms with Gasteiger partial charge in [-0.25, -0.2) is 4.79 Å². The van der Waals surface area contributed by atoms with E-state index < -0.39 is 5.97 Å². The van der Waals surface area contributed by atoms with Crippen LogP contribution in [0.25, 0.3) is 5.43 Å². The number of rotatable bonds is 2. The van der Waals surface area contributed by atoms with E-state index in [9.17, 15) is 4.79 Å². The first kappa shape index (κ1) is 8.95. The van der Waals surface area contributed by atoms with Gasteiger partial charge in [-0.15, -0.1) is 7.05 Å². The van der Waals surface area contributed by atoms with Gasteiger partial charge in [0.15, 0.2) is 5.71 Å². The number of esters is 1. The van der Waals surface area contributed by atoms with Gasteiger partial charge < -0.3 is 21.0 Å². The molecule has 2 atom stereocenters. The summed E-state index contributed by atoms with van der Waals surface area (Å²) < 4.78 is 4.94. The first-order chi connectivity index (χ1) is 5.69. The van der Waals surface area contributed by atoms with Crippen LogP contribution in [-0.4, -0.2) is 32.0 Å². The highest BCUT2D eigenvalue weighted by molar-refractivity contribution is 6.37. The molecule has 1 aliphatic heterocycles. The summed E-state index contributed by atoms with van der Waals surface area (Å²) in [5.41, 5.74) is 4.20. The van der Waals surface area contributed by atoms with E-state index in [2.05, 4.69) is 10.5 Å². The number of nitrogens with two attached hydrogens (primary N) is 1. The molecule has 1 saturated heterocycles. The summed E-state index contributed by atoms with van der Waals surface area (Å²) in [5, 5.41) is 4.10. The van der Waals surface area contributed by atoms with Crippen LogP contribution in [0.4, 0.5) is 0 Å². The second-order valence-corrected chi connectivity index (χ2v) is 2.54. The number of cyclic esters (lactones) is 1. The molecule has 1 heterocycles. The maximum Gasteiger partial charge on any atom is 0.359 e. The molecule has 0 aromatic heterocycles. The van der Waals surface area contributed by atoms with Gasteiger partial charge in [-0.3, -0.25) is 0 Å². The van der Waals surface area contributed by atoms with Crippen molar-refractivity contribution in [1.82, 2.24) is 0 Å². The number of carbonyl (C=O) groups excluding carboxylic acids is 1. The molecule has 0 bridgehead atoms. The molecule has 0 aliphatic carbocycles. The zero-order valence-corrected chi connectivity index (χ0v) is 7.07. The topological polar surface area (TPSA) is 83.2 Å². The first-order valence-electron chi connectivity index (χ1n) is 3.60. The number of hydrogen-bond acceptors (Lipinski definition) is 4. The van der Waals surface area contributed by atoms with E-state index in [0.29, 0.717) is 6.42 Å². The van der Waals surface area contributed by atoms with E-state index in [1.807, 2.05) is 0 Å². The number of quaternary nitrogens is 1. The summed E-state index contributed by atoms with van der Waals surface area (Å²) in [6.45, 7) is 0. The average Bonchev–Trinajstić information content (AvgIpc) is 2.45. The summed E-state index contributed by atoms with van der Waals surface area (Å²) in [4.78, 5) is 10.9. The van der Waals surface area contributed by atoms with E-state index in [4.69, 9.17) is 10.6 Å². The van der Waals surface area contributed by atoms with Gasteiger partial charge in [-0.1, -0.05) is 0 Å². The van der Waals surface area contributed by atoms with Gasteiger partial charge >= 0.3 is 5.97 Å². The highest BCUT2D eigenvalue weighted by Crippen LogP contribution is 2.06. The number of carbonyl (C=O) groups is 1. The van der Waals surface area contributed by atoms with Crippen LogP contribution in [0.15, 0.2) is 5.10 Å². The van der Waals surface area contributed by atoms with Crippen molar-refractivity contribution in [1.29, 1.82) is 0 Å². The van der Waals surface area contributed by atoms with Crippen LogP contribution in [0.1, 0.15) is 6.42 Å². The zero-order chi connectivity index (χ0) is 9.14. The number of nitrogens with one attached hydrogen (secondary N) is 1. The summed E-state index contributed by atoms with van der Waals surface area (Å²) in [5.74, 6) is 4.54. The van der Waals surface area contributed by atoms with E-state index >= 15 is 0 Å². The summed E-state index contributed by atoms with van der Waals surface area (Å²) >= 11 is 0. The fourth-order valence-corrected chi connectivity index (χ4v) is 0.980. The fourth-order valence-electron chi connectivity index (χ4n) is 0.980. The quantitative estimate of drug-likeness (QED) is 0.287. The maximum absolute atomic E-state index is 10.9. The summed E-state index contributed by atoms with van der Waals surface area (Å²) in [6.07, 6.45) is 0.156. The third kappa shape index (κ3) is 1.54. The molecule has 6 nitrogen and oxygen atoms in total. The third-order valence-corrected chi connectivity index (χ3v) is 1.84. The van der Waals surface area contributed by atoms with Crippen molar-refractivity contribution in [2.75, 3.05) is 14.1 Å². The van der Waals surface area contributed by atoms with Crippen molar-refractivity contribution in [3.63, 3.8) is 0 Å². The van der Waals surface area contributed by atoms with Crippen LogP contribution in [0, 0.1) is 0 Å². The average molecular weight is 172 g/mol. The standard InChI is InChI=1S/C6H12N4O2/c1-8-10(2)5-3-4(9-7)6(11)12-5/h5,10H,3,7H2,1-2H3. The Bertz CT molecular complexity index is 216. The number of nitrogens with zero attached hydrogens (tertiary/aromatic N) is 2. The van der Waals surface area contributed by atoms with Crippen molar-refractivity contribution in [3.05, 3.63) is 5.43 Å². The van der Waals surface area contributed by atoms with Gasteiger partial charge in [0.25, 0.3) is 0 Å². The molecule has 0 saturated carbocycles. The molecule has 0 aromatic carbocycles. The Morgan fingerprint density at radius 2 is 2.50 bits per heavy atom. The minimum atomic E-state index is -0.439. The molecule has 6 heteroatoms. The molecule has 0 amide bonds. The van der Waals surface area contributed by atoms with Gasteiger partial charge in [0.05, 0.1) is 13.5 Å². The molecule has 1 fully saturated rings. The molecule has 12 heavy (non-hydrogen) atoms. The number of ether oxygens (including phenoxy) is 1. The lowest BCUT2D eigenvalue weighted by Gasteiger charge is -2.27. The molecular formula is C6H12N4O2. The molecule has 2 unspecified atom stereocenters. The highest BCUT2D eigenvalue weighted by Gasteiger charge is 2.33. The van der Waals surface area contributed by atoms with Crippen molar-refractivity contribution >= 4 is 11.7 Å². The van der Waals surface area contributed by atoms with Crippen LogP contribution in [0.5, 0.6) is 0 Å². The van der Waals surface area contributed by atoms with E-state index in [-0.39, 0.29) is 11.9 Å². The fraction of sp³-hybridized carbons (Fsp3) is 0.667. The summed E-state index contributed by atoms with van der Waals surface area (Å²) in [6, 6.07) is 0. The summed E-state index contributed by atoms with van der Waals surface area (Å²) in [7, 11) is 3.46. The van der Waals surface area contributed by atoms with Gasteiger partial charge in [0.2, 0.25) is 6.23 Å². The zero-order valence-electron chi connectivity index (χ0n) is 7.07.